The zero-order valence-corrected chi connectivity index (χ0v) is 11.7. The average Bonchev–Trinajstić information content (AvgIpc) is 2.93. The number of ether oxygens (including phenoxy) is 1. The Morgan fingerprint density at radius 1 is 1.50 bits per heavy atom. The third-order valence-electron chi connectivity index (χ3n) is 3.60. The molecule has 0 bridgehead atoms. The van der Waals surface area contributed by atoms with E-state index in [2.05, 4.69) is 0 Å². The molecule has 2 N–H and O–H groups in total. The van der Waals surface area contributed by atoms with E-state index in [0.29, 0.717) is 26.1 Å². The van der Waals surface area contributed by atoms with Gasteiger partial charge in [-0.15, -0.1) is 0 Å². The van der Waals surface area contributed by atoms with E-state index in [4.69, 9.17) is 10.5 Å². The van der Waals surface area contributed by atoms with Gasteiger partial charge in [0, 0.05) is 19.6 Å². The van der Waals surface area contributed by atoms with Gasteiger partial charge < -0.3 is 15.4 Å². The van der Waals surface area contributed by atoms with Crippen LogP contribution >= 0.6 is 0 Å². The number of halogens is 1. The summed E-state index contributed by atoms with van der Waals surface area (Å²) in [5.74, 6) is -0.320. The van der Waals surface area contributed by atoms with Gasteiger partial charge in [-0.05, 0) is 37.5 Å². The number of amides is 1. The van der Waals surface area contributed by atoms with Crippen LogP contribution in [0.3, 0.4) is 0 Å². The summed E-state index contributed by atoms with van der Waals surface area (Å²) < 4.78 is 18.8. The third kappa shape index (κ3) is 3.55. The van der Waals surface area contributed by atoms with Gasteiger partial charge in [-0.3, -0.25) is 4.79 Å². The van der Waals surface area contributed by atoms with E-state index in [9.17, 15) is 9.18 Å². The predicted molar refractivity (Wildman–Crippen MR) is 74.4 cm³/mol. The molecule has 4 nitrogen and oxygen atoms in total. The van der Waals surface area contributed by atoms with Gasteiger partial charge in [-0.25, -0.2) is 4.39 Å². The first kappa shape index (κ1) is 14.9. The standard InChI is InChI=1S/C15H21FN2O2/c1-2-18(10-11-4-3-5-12(16)8-11)15(19)14-7-6-13(9-17)20-14/h3-5,8,13-14H,2,6-7,9-10,17H2,1H3/t13-,14+/m1/s1. The molecule has 1 fully saturated rings. The van der Waals surface area contributed by atoms with Gasteiger partial charge in [0.25, 0.3) is 5.91 Å². The molecule has 1 aromatic rings. The van der Waals surface area contributed by atoms with Crippen molar-refractivity contribution in [2.45, 2.75) is 38.5 Å². The molecule has 1 saturated heterocycles. The highest BCUT2D eigenvalue weighted by molar-refractivity contribution is 5.81. The van der Waals surface area contributed by atoms with Gasteiger partial charge in [-0.1, -0.05) is 12.1 Å². The fraction of sp³-hybridized carbons (Fsp3) is 0.533. The first-order chi connectivity index (χ1) is 9.63. The topological polar surface area (TPSA) is 55.6 Å². The summed E-state index contributed by atoms with van der Waals surface area (Å²) in [5, 5.41) is 0. The third-order valence-corrected chi connectivity index (χ3v) is 3.60. The smallest absolute Gasteiger partial charge is 0.252 e. The Morgan fingerprint density at radius 3 is 2.90 bits per heavy atom. The molecule has 1 aromatic carbocycles. The van der Waals surface area contributed by atoms with Crippen molar-refractivity contribution in [3.63, 3.8) is 0 Å². The fourth-order valence-electron chi connectivity index (χ4n) is 2.47. The molecule has 20 heavy (non-hydrogen) atoms. The minimum atomic E-state index is -0.406. The van der Waals surface area contributed by atoms with Crippen LogP contribution in [0.4, 0.5) is 4.39 Å². The summed E-state index contributed by atoms with van der Waals surface area (Å²) in [6.45, 7) is 3.33. The highest BCUT2D eigenvalue weighted by atomic mass is 19.1. The van der Waals surface area contributed by atoms with Crippen LogP contribution in [0.25, 0.3) is 0 Å². The fourth-order valence-corrected chi connectivity index (χ4v) is 2.47. The van der Waals surface area contributed by atoms with E-state index in [1.54, 1.807) is 11.0 Å². The lowest BCUT2D eigenvalue weighted by Crippen LogP contribution is -2.39. The molecule has 0 aromatic heterocycles. The molecule has 0 saturated carbocycles. The lowest BCUT2D eigenvalue weighted by atomic mass is 10.1. The molecular formula is C15H21FN2O2. The van der Waals surface area contributed by atoms with E-state index < -0.39 is 6.10 Å². The van der Waals surface area contributed by atoms with Crippen LogP contribution in [0.15, 0.2) is 24.3 Å². The second-order valence-electron chi connectivity index (χ2n) is 5.04. The highest BCUT2D eigenvalue weighted by Gasteiger charge is 2.32. The molecule has 0 unspecified atom stereocenters. The van der Waals surface area contributed by atoms with Crippen molar-refractivity contribution in [3.05, 3.63) is 35.6 Å². The molecule has 1 aliphatic heterocycles. The van der Waals surface area contributed by atoms with Crippen LogP contribution in [0, 0.1) is 5.82 Å². The normalized spacial score (nSPS) is 21.9. The molecule has 0 radical (unpaired) electrons. The second kappa shape index (κ2) is 6.81. The van der Waals surface area contributed by atoms with Gasteiger partial charge in [-0.2, -0.15) is 0 Å². The summed E-state index contributed by atoms with van der Waals surface area (Å²) >= 11 is 0. The summed E-state index contributed by atoms with van der Waals surface area (Å²) in [6.07, 6.45) is 1.11. The summed E-state index contributed by atoms with van der Waals surface area (Å²) in [7, 11) is 0. The number of nitrogens with zero attached hydrogens (tertiary/aromatic N) is 1. The van der Waals surface area contributed by atoms with E-state index in [0.717, 1.165) is 12.0 Å². The first-order valence-corrected chi connectivity index (χ1v) is 7.02. The molecular weight excluding hydrogens is 259 g/mol. The van der Waals surface area contributed by atoms with E-state index in [-0.39, 0.29) is 17.8 Å². The Kier molecular flexibility index (Phi) is 5.09. The second-order valence-corrected chi connectivity index (χ2v) is 5.04. The maximum Gasteiger partial charge on any atom is 0.252 e. The Morgan fingerprint density at radius 2 is 2.30 bits per heavy atom. The number of benzene rings is 1. The van der Waals surface area contributed by atoms with E-state index >= 15 is 0 Å². The quantitative estimate of drug-likeness (QED) is 0.893. The molecule has 0 spiro atoms. The van der Waals surface area contributed by atoms with Gasteiger partial charge in [0.05, 0.1) is 6.10 Å². The van der Waals surface area contributed by atoms with Crippen molar-refractivity contribution >= 4 is 5.91 Å². The maximum atomic E-state index is 13.2. The van der Waals surface area contributed by atoms with Crippen molar-refractivity contribution in [1.29, 1.82) is 0 Å². The Balaban J connectivity index is 1.99. The zero-order valence-electron chi connectivity index (χ0n) is 11.7. The molecule has 2 rings (SSSR count). The number of likely N-dealkylation sites (N-methyl/N-ethyl adjacent to an activating group) is 1. The van der Waals surface area contributed by atoms with Gasteiger partial charge in [0.1, 0.15) is 11.9 Å². The van der Waals surface area contributed by atoms with Crippen molar-refractivity contribution in [2.75, 3.05) is 13.1 Å². The molecule has 1 aliphatic rings. The highest BCUT2D eigenvalue weighted by Crippen LogP contribution is 2.21. The Labute approximate surface area is 118 Å². The van der Waals surface area contributed by atoms with Crippen molar-refractivity contribution < 1.29 is 13.9 Å². The van der Waals surface area contributed by atoms with Crippen LogP contribution in [0.1, 0.15) is 25.3 Å². The SMILES string of the molecule is CCN(Cc1cccc(F)c1)C(=O)[C@@H]1CC[C@H](CN)O1. The van der Waals surface area contributed by atoms with Gasteiger partial charge in [0.2, 0.25) is 0 Å². The Bertz CT molecular complexity index is 467. The molecule has 5 heteroatoms. The predicted octanol–water partition coefficient (Wildman–Crippen LogP) is 1.68. The maximum absolute atomic E-state index is 13.2. The zero-order chi connectivity index (χ0) is 14.5. The van der Waals surface area contributed by atoms with Crippen LogP contribution < -0.4 is 5.73 Å². The van der Waals surface area contributed by atoms with Crippen LogP contribution in [0.5, 0.6) is 0 Å². The minimum Gasteiger partial charge on any atom is -0.364 e. The number of hydrogen-bond donors (Lipinski definition) is 1. The summed E-state index contributed by atoms with van der Waals surface area (Å²) in [6, 6.07) is 6.32. The van der Waals surface area contributed by atoms with E-state index in [1.807, 2.05) is 13.0 Å². The summed E-state index contributed by atoms with van der Waals surface area (Å²) in [5.41, 5.74) is 6.34. The van der Waals surface area contributed by atoms with Crippen molar-refractivity contribution in [3.8, 4) is 0 Å². The first-order valence-electron chi connectivity index (χ1n) is 7.02. The van der Waals surface area contributed by atoms with Crippen molar-refractivity contribution in [1.82, 2.24) is 4.90 Å². The lowest BCUT2D eigenvalue weighted by Gasteiger charge is -2.24. The molecule has 1 amide bonds. The molecule has 0 aliphatic carbocycles. The molecule has 110 valence electrons. The van der Waals surface area contributed by atoms with Crippen LogP contribution in [-0.2, 0) is 16.1 Å². The van der Waals surface area contributed by atoms with Gasteiger partial charge in [0.15, 0.2) is 0 Å². The number of rotatable bonds is 5. The number of hydrogen-bond acceptors (Lipinski definition) is 3. The van der Waals surface area contributed by atoms with Crippen LogP contribution in [0.2, 0.25) is 0 Å². The lowest BCUT2D eigenvalue weighted by molar-refractivity contribution is -0.143. The molecule has 2 atom stereocenters. The Hall–Kier alpha value is -1.46. The minimum absolute atomic E-state index is 0.0168. The van der Waals surface area contributed by atoms with Gasteiger partial charge >= 0.3 is 0 Å². The molecule has 1 heterocycles. The largest absolute Gasteiger partial charge is 0.364 e. The van der Waals surface area contributed by atoms with E-state index in [1.165, 1.54) is 12.1 Å². The van der Waals surface area contributed by atoms with Crippen LogP contribution in [-0.4, -0.2) is 36.1 Å². The number of carbonyl (C=O) groups excluding carboxylic acids is 1. The summed E-state index contributed by atoms with van der Waals surface area (Å²) in [4.78, 5) is 14.1. The number of carbonyl (C=O) groups is 1. The monoisotopic (exact) mass is 280 g/mol. The average molecular weight is 280 g/mol. The number of nitrogens with two attached hydrogens (primary N) is 1. The van der Waals surface area contributed by atoms with Crippen molar-refractivity contribution in [2.24, 2.45) is 5.73 Å².